The van der Waals surface area contributed by atoms with Crippen molar-refractivity contribution in [2.75, 3.05) is 31.7 Å². The molecule has 0 fully saturated rings. The molecule has 0 atom stereocenters. The van der Waals surface area contributed by atoms with E-state index < -0.39 is 0 Å². The summed E-state index contributed by atoms with van der Waals surface area (Å²) < 4.78 is 17.2. The molecule has 0 aliphatic heterocycles. The van der Waals surface area contributed by atoms with Crippen LogP contribution in [0.3, 0.4) is 0 Å². The molecule has 0 aliphatic rings. The van der Waals surface area contributed by atoms with Gasteiger partial charge in [0.1, 0.15) is 18.1 Å². The maximum absolute atomic E-state index is 12.0. The molecule has 0 aliphatic carbocycles. The van der Waals surface area contributed by atoms with Gasteiger partial charge >= 0.3 is 0 Å². The van der Waals surface area contributed by atoms with Gasteiger partial charge < -0.3 is 19.5 Å². The Balaban J connectivity index is 1.79. The quantitative estimate of drug-likeness (QED) is 0.656. The zero-order chi connectivity index (χ0) is 17.2. The molecule has 6 heteroatoms. The van der Waals surface area contributed by atoms with Crippen molar-refractivity contribution in [3.05, 3.63) is 53.0 Å². The van der Waals surface area contributed by atoms with E-state index in [1.165, 1.54) is 0 Å². The number of hydrogen-bond acceptors (Lipinski definition) is 4. The zero-order valence-corrected chi connectivity index (χ0v) is 15.0. The Labute approximate surface area is 150 Å². The van der Waals surface area contributed by atoms with Gasteiger partial charge in [-0.05, 0) is 43.3 Å². The molecular formula is C18H20BrNO4. The van der Waals surface area contributed by atoms with Crippen molar-refractivity contribution in [2.24, 2.45) is 0 Å². The van der Waals surface area contributed by atoms with Gasteiger partial charge in [0.05, 0.1) is 6.61 Å². The lowest BCUT2D eigenvalue weighted by Gasteiger charge is -2.10. The molecule has 0 radical (unpaired) electrons. The number of anilines is 1. The zero-order valence-electron chi connectivity index (χ0n) is 13.5. The van der Waals surface area contributed by atoms with Crippen LogP contribution in [-0.2, 0) is 9.53 Å². The number of carbonyl (C=O) groups is 1. The number of amides is 1. The molecule has 5 nitrogen and oxygen atoms in total. The van der Waals surface area contributed by atoms with E-state index in [4.69, 9.17) is 14.2 Å². The highest BCUT2D eigenvalue weighted by Crippen LogP contribution is 2.18. The van der Waals surface area contributed by atoms with Gasteiger partial charge in [0.25, 0.3) is 5.91 Å². The van der Waals surface area contributed by atoms with Crippen LogP contribution < -0.4 is 14.8 Å². The highest BCUT2D eigenvalue weighted by Gasteiger charge is 2.05. The van der Waals surface area contributed by atoms with E-state index in [0.717, 1.165) is 4.47 Å². The lowest BCUT2D eigenvalue weighted by Crippen LogP contribution is -2.20. The molecule has 0 spiro atoms. The third kappa shape index (κ3) is 6.60. The fourth-order valence-corrected chi connectivity index (χ4v) is 2.17. The van der Waals surface area contributed by atoms with Crippen LogP contribution in [0.5, 0.6) is 11.5 Å². The minimum atomic E-state index is -0.232. The molecule has 128 valence electrons. The normalized spacial score (nSPS) is 10.2. The molecule has 0 saturated heterocycles. The summed E-state index contributed by atoms with van der Waals surface area (Å²) in [6.45, 7) is 3.55. The summed E-state index contributed by atoms with van der Waals surface area (Å²) in [5, 5.41) is 2.78. The Morgan fingerprint density at radius 3 is 2.58 bits per heavy atom. The van der Waals surface area contributed by atoms with Gasteiger partial charge in [0.15, 0.2) is 6.61 Å². The van der Waals surface area contributed by atoms with Crippen LogP contribution in [0.15, 0.2) is 53.0 Å². The van der Waals surface area contributed by atoms with Crippen LogP contribution in [0.4, 0.5) is 5.69 Å². The van der Waals surface area contributed by atoms with Gasteiger partial charge in [0, 0.05) is 22.8 Å². The van der Waals surface area contributed by atoms with Gasteiger partial charge in [-0.1, -0.05) is 22.0 Å². The van der Waals surface area contributed by atoms with Crippen LogP contribution in [0, 0.1) is 0 Å². The molecule has 2 aromatic carbocycles. The molecule has 2 rings (SSSR count). The maximum Gasteiger partial charge on any atom is 0.262 e. The summed E-state index contributed by atoms with van der Waals surface area (Å²) in [7, 11) is 0. The minimum absolute atomic E-state index is 0.0585. The van der Waals surface area contributed by atoms with E-state index >= 15 is 0 Å². The highest BCUT2D eigenvalue weighted by molar-refractivity contribution is 9.10. The third-order valence-electron chi connectivity index (χ3n) is 3.00. The van der Waals surface area contributed by atoms with Crippen molar-refractivity contribution in [3.8, 4) is 11.5 Å². The second kappa shape index (κ2) is 9.95. The molecule has 2 aromatic rings. The van der Waals surface area contributed by atoms with E-state index in [-0.39, 0.29) is 12.5 Å². The van der Waals surface area contributed by atoms with Crippen molar-refractivity contribution in [1.82, 2.24) is 0 Å². The first-order valence-corrected chi connectivity index (χ1v) is 8.45. The summed E-state index contributed by atoms with van der Waals surface area (Å²) in [6, 6.07) is 14.5. The van der Waals surface area contributed by atoms with Crippen molar-refractivity contribution in [3.63, 3.8) is 0 Å². The molecule has 0 aromatic heterocycles. The van der Waals surface area contributed by atoms with Crippen LogP contribution in [0.1, 0.15) is 6.92 Å². The second-order valence-electron chi connectivity index (χ2n) is 4.86. The average molecular weight is 394 g/mol. The molecule has 0 unspecified atom stereocenters. The monoisotopic (exact) mass is 393 g/mol. The van der Waals surface area contributed by atoms with E-state index in [1.54, 1.807) is 24.3 Å². The SMILES string of the molecule is CCOCCOc1cccc(NC(=O)COc2ccc(Br)cc2)c1. The molecule has 24 heavy (non-hydrogen) atoms. The van der Waals surface area contributed by atoms with Crippen molar-refractivity contribution in [1.29, 1.82) is 0 Å². The van der Waals surface area contributed by atoms with Gasteiger partial charge in [-0.3, -0.25) is 4.79 Å². The standard InChI is InChI=1S/C18H20BrNO4/c1-2-22-10-11-23-17-5-3-4-15(12-17)20-18(21)13-24-16-8-6-14(19)7-9-16/h3-9,12H,2,10-11,13H2,1H3,(H,20,21). The average Bonchev–Trinajstić information content (AvgIpc) is 2.59. The number of ether oxygens (including phenoxy) is 3. The molecule has 0 bridgehead atoms. The van der Waals surface area contributed by atoms with Crippen molar-refractivity contribution < 1.29 is 19.0 Å². The van der Waals surface area contributed by atoms with E-state index in [2.05, 4.69) is 21.2 Å². The Kier molecular flexibility index (Phi) is 7.58. The van der Waals surface area contributed by atoms with Gasteiger partial charge in [-0.25, -0.2) is 0 Å². The predicted octanol–water partition coefficient (Wildman–Crippen LogP) is 3.88. The van der Waals surface area contributed by atoms with Crippen LogP contribution >= 0.6 is 15.9 Å². The number of benzene rings is 2. The van der Waals surface area contributed by atoms with Crippen LogP contribution in [-0.4, -0.2) is 32.3 Å². The summed E-state index contributed by atoms with van der Waals surface area (Å²) in [4.78, 5) is 12.0. The number of nitrogens with one attached hydrogen (secondary N) is 1. The summed E-state index contributed by atoms with van der Waals surface area (Å²) >= 11 is 3.35. The van der Waals surface area contributed by atoms with E-state index in [9.17, 15) is 4.79 Å². The summed E-state index contributed by atoms with van der Waals surface area (Å²) in [6.07, 6.45) is 0. The molecule has 1 N–H and O–H groups in total. The molecule has 0 heterocycles. The fourth-order valence-electron chi connectivity index (χ4n) is 1.90. The maximum atomic E-state index is 12.0. The van der Waals surface area contributed by atoms with E-state index in [1.807, 2.05) is 31.2 Å². The number of halogens is 1. The summed E-state index contributed by atoms with van der Waals surface area (Å²) in [5.41, 5.74) is 0.660. The Hall–Kier alpha value is -2.05. The lowest BCUT2D eigenvalue weighted by atomic mass is 10.3. The third-order valence-corrected chi connectivity index (χ3v) is 3.53. The fraction of sp³-hybridized carbons (Fsp3) is 0.278. The Bertz CT molecular complexity index is 646. The predicted molar refractivity (Wildman–Crippen MR) is 96.7 cm³/mol. The molecule has 1 amide bonds. The first-order chi connectivity index (χ1) is 11.7. The lowest BCUT2D eigenvalue weighted by molar-refractivity contribution is -0.118. The van der Waals surface area contributed by atoms with Gasteiger partial charge in [-0.15, -0.1) is 0 Å². The first-order valence-electron chi connectivity index (χ1n) is 7.66. The topological polar surface area (TPSA) is 56.8 Å². The second-order valence-corrected chi connectivity index (χ2v) is 5.78. The van der Waals surface area contributed by atoms with Gasteiger partial charge in [-0.2, -0.15) is 0 Å². The van der Waals surface area contributed by atoms with Crippen LogP contribution in [0.25, 0.3) is 0 Å². The van der Waals surface area contributed by atoms with Crippen LogP contribution in [0.2, 0.25) is 0 Å². The number of hydrogen-bond donors (Lipinski definition) is 1. The first kappa shape index (κ1) is 18.3. The molecule has 0 saturated carbocycles. The van der Waals surface area contributed by atoms with E-state index in [0.29, 0.717) is 37.0 Å². The summed E-state index contributed by atoms with van der Waals surface area (Å²) in [5.74, 6) is 1.09. The minimum Gasteiger partial charge on any atom is -0.491 e. The number of carbonyl (C=O) groups excluding carboxylic acids is 1. The number of rotatable bonds is 9. The largest absolute Gasteiger partial charge is 0.491 e. The smallest absolute Gasteiger partial charge is 0.262 e. The highest BCUT2D eigenvalue weighted by atomic mass is 79.9. The van der Waals surface area contributed by atoms with Crippen molar-refractivity contribution >= 4 is 27.5 Å². The Morgan fingerprint density at radius 2 is 1.83 bits per heavy atom. The van der Waals surface area contributed by atoms with Gasteiger partial charge in [0.2, 0.25) is 0 Å². The van der Waals surface area contributed by atoms with Crippen molar-refractivity contribution in [2.45, 2.75) is 6.92 Å². The molecular weight excluding hydrogens is 374 g/mol. The Morgan fingerprint density at radius 1 is 1.04 bits per heavy atom.